The van der Waals surface area contributed by atoms with E-state index in [1.807, 2.05) is 6.07 Å². The van der Waals surface area contributed by atoms with E-state index in [2.05, 4.69) is 0 Å². The zero-order chi connectivity index (χ0) is 11.8. The normalized spacial score (nSPS) is 9.75. The van der Waals surface area contributed by atoms with Crippen molar-refractivity contribution in [2.75, 3.05) is 32.2 Å². The number of nitrogens with two attached hydrogens (primary N) is 1. The van der Waals surface area contributed by atoms with Crippen LogP contribution in [0.5, 0.6) is 5.75 Å². The molecular weight excluding hydrogens is 208 g/mol. The molecule has 16 heavy (non-hydrogen) atoms. The summed E-state index contributed by atoms with van der Waals surface area (Å²) in [5.74, 6) is 0.490. The molecule has 5 heteroatoms. The zero-order valence-corrected chi connectivity index (χ0v) is 8.85. The number of hydrogen-bond acceptors (Lipinski definition) is 5. The van der Waals surface area contributed by atoms with E-state index in [4.69, 9.17) is 25.6 Å². The summed E-state index contributed by atoms with van der Waals surface area (Å²) in [6, 6.07) is 6.89. The Bertz CT molecular complexity index is 374. The van der Waals surface area contributed by atoms with Crippen LogP contribution >= 0.6 is 0 Å². The van der Waals surface area contributed by atoms with E-state index in [9.17, 15) is 0 Å². The smallest absolute Gasteiger partial charge is 0.137 e. The monoisotopic (exact) mass is 222 g/mol. The molecule has 0 spiro atoms. The van der Waals surface area contributed by atoms with Crippen molar-refractivity contribution in [1.29, 1.82) is 5.26 Å². The number of aliphatic hydroxyl groups is 1. The predicted octanol–water partition coefficient (Wildman–Crippen LogP) is 0.528. The second kappa shape index (κ2) is 6.67. The van der Waals surface area contributed by atoms with E-state index in [0.717, 1.165) is 0 Å². The summed E-state index contributed by atoms with van der Waals surface area (Å²) in [6.45, 7) is 0.982. The van der Waals surface area contributed by atoms with Crippen LogP contribution in [-0.4, -0.2) is 31.5 Å². The fourth-order valence-electron chi connectivity index (χ4n) is 1.14. The fraction of sp³-hybridized carbons (Fsp3) is 0.364. The zero-order valence-electron chi connectivity index (χ0n) is 8.85. The average Bonchev–Trinajstić information content (AvgIpc) is 2.30. The number of ether oxygens (including phenoxy) is 2. The molecule has 1 aromatic rings. The van der Waals surface area contributed by atoms with Gasteiger partial charge in [0.2, 0.25) is 0 Å². The minimum absolute atomic E-state index is 0.00861. The molecule has 86 valence electrons. The lowest BCUT2D eigenvalue weighted by atomic mass is 10.2. The first-order chi connectivity index (χ1) is 7.77. The van der Waals surface area contributed by atoms with Crippen LogP contribution in [0.2, 0.25) is 0 Å². The molecule has 0 amide bonds. The Kier molecular flexibility index (Phi) is 5.12. The SMILES string of the molecule is N#Cc1cc(N)ccc1OCCOCCO. The van der Waals surface area contributed by atoms with Gasteiger partial charge in [-0.15, -0.1) is 0 Å². The lowest BCUT2D eigenvalue weighted by Gasteiger charge is -2.08. The maximum atomic E-state index is 8.83. The molecule has 5 nitrogen and oxygen atoms in total. The molecule has 0 atom stereocenters. The van der Waals surface area contributed by atoms with Crippen LogP contribution in [0.15, 0.2) is 18.2 Å². The Morgan fingerprint density at radius 2 is 2.12 bits per heavy atom. The number of nitrogen functional groups attached to an aromatic ring is 1. The molecule has 1 aromatic carbocycles. The van der Waals surface area contributed by atoms with Gasteiger partial charge in [-0.25, -0.2) is 0 Å². The van der Waals surface area contributed by atoms with Crippen molar-refractivity contribution in [3.05, 3.63) is 23.8 Å². The summed E-state index contributed by atoms with van der Waals surface area (Å²) in [6.07, 6.45) is 0. The molecule has 0 radical (unpaired) electrons. The first-order valence-corrected chi connectivity index (χ1v) is 4.89. The lowest BCUT2D eigenvalue weighted by Crippen LogP contribution is -2.09. The van der Waals surface area contributed by atoms with Gasteiger partial charge in [0.25, 0.3) is 0 Å². The first-order valence-electron chi connectivity index (χ1n) is 4.89. The highest BCUT2D eigenvalue weighted by Gasteiger charge is 2.03. The van der Waals surface area contributed by atoms with Crippen molar-refractivity contribution in [3.63, 3.8) is 0 Å². The Balaban J connectivity index is 2.45. The van der Waals surface area contributed by atoms with Gasteiger partial charge in [-0.1, -0.05) is 0 Å². The molecule has 0 aliphatic rings. The van der Waals surface area contributed by atoms with Crippen LogP contribution in [0.3, 0.4) is 0 Å². The highest BCUT2D eigenvalue weighted by Crippen LogP contribution is 2.20. The molecule has 0 bridgehead atoms. The maximum absolute atomic E-state index is 8.83. The van der Waals surface area contributed by atoms with E-state index < -0.39 is 0 Å². The molecule has 0 heterocycles. The van der Waals surface area contributed by atoms with E-state index in [1.165, 1.54) is 0 Å². The largest absolute Gasteiger partial charge is 0.490 e. The molecule has 0 aliphatic carbocycles. The van der Waals surface area contributed by atoms with Gasteiger partial charge in [0.05, 0.1) is 25.4 Å². The van der Waals surface area contributed by atoms with Gasteiger partial charge in [0.15, 0.2) is 0 Å². The Hall–Kier alpha value is -1.77. The van der Waals surface area contributed by atoms with Crippen LogP contribution < -0.4 is 10.5 Å². The summed E-state index contributed by atoms with van der Waals surface area (Å²) < 4.78 is 10.4. The lowest BCUT2D eigenvalue weighted by molar-refractivity contribution is 0.0704. The summed E-state index contributed by atoms with van der Waals surface area (Å²) in [5, 5.41) is 17.3. The van der Waals surface area contributed by atoms with Crippen LogP contribution in [-0.2, 0) is 4.74 Å². The second-order valence-electron chi connectivity index (χ2n) is 3.05. The van der Waals surface area contributed by atoms with Gasteiger partial charge >= 0.3 is 0 Å². The summed E-state index contributed by atoms with van der Waals surface area (Å²) in [5.41, 5.74) is 6.47. The van der Waals surface area contributed by atoms with Crippen molar-refractivity contribution in [1.82, 2.24) is 0 Å². The number of anilines is 1. The molecule has 3 N–H and O–H groups in total. The fourth-order valence-corrected chi connectivity index (χ4v) is 1.14. The van der Waals surface area contributed by atoms with Crippen molar-refractivity contribution in [2.45, 2.75) is 0 Å². The van der Waals surface area contributed by atoms with Crippen LogP contribution in [0.4, 0.5) is 5.69 Å². The van der Waals surface area contributed by atoms with E-state index in [-0.39, 0.29) is 13.2 Å². The first kappa shape index (κ1) is 12.3. The number of hydrogen-bond donors (Lipinski definition) is 2. The maximum Gasteiger partial charge on any atom is 0.137 e. The molecule has 0 aliphatic heterocycles. The highest BCUT2D eigenvalue weighted by molar-refractivity contribution is 5.53. The van der Waals surface area contributed by atoms with E-state index in [0.29, 0.717) is 30.2 Å². The summed E-state index contributed by atoms with van der Waals surface area (Å²) >= 11 is 0. The third-order valence-electron chi connectivity index (χ3n) is 1.84. The number of nitriles is 1. The Morgan fingerprint density at radius 1 is 1.31 bits per heavy atom. The Morgan fingerprint density at radius 3 is 2.81 bits per heavy atom. The molecule has 0 saturated carbocycles. The number of nitrogens with zero attached hydrogens (tertiary/aromatic N) is 1. The highest BCUT2D eigenvalue weighted by atomic mass is 16.5. The van der Waals surface area contributed by atoms with Crippen LogP contribution in [0.25, 0.3) is 0 Å². The predicted molar refractivity (Wildman–Crippen MR) is 59.0 cm³/mol. The third-order valence-corrected chi connectivity index (χ3v) is 1.84. The number of rotatable bonds is 6. The van der Waals surface area contributed by atoms with Crippen molar-refractivity contribution >= 4 is 5.69 Å². The molecule has 0 aromatic heterocycles. The van der Waals surface area contributed by atoms with Gasteiger partial charge in [0, 0.05) is 5.69 Å². The van der Waals surface area contributed by atoms with Gasteiger partial charge in [0.1, 0.15) is 18.4 Å². The van der Waals surface area contributed by atoms with Crippen LogP contribution in [0, 0.1) is 11.3 Å². The van der Waals surface area contributed by atoms with Crippen molar-refractivity contribution < 1.29 is 14.6 Å². The van der Waals surface area contributed by atoms with Crippen molar-refractivity contribution in [3.8, 4) is 11.8 Å². The molecule has 0 unspecified atom stereocenters. The Labute approximate surface area is 94.0 Å². The standard InChI is InChI=1S/C11H14N2O3/c12-8-9-7-10(13)1-2-11(9)16-6-5-15-4-3-14/h1-2,7,14H,3-6,13H2. The molecule has 0 fully saturated rings. The summed E-state index contributed by atoms with van der Waals surface area (Å²) in [7, 11) is 0. The van der Waals surface area contributed by atoms with Gasteiger partial charge in [-0.3, -0.25) is 0 Å². The van der Waals surface area contributed by atoms with Gasteiger partial charge in [-0.05, 0) is 18.2 Å². The number of aliphatic hydroxyl groups excluding tert-OH is 1. The topological polar surface area (TPSA) is 88.5 Å². The number of benzene rings is 1. The van der Waals surface area contributed by atoms with Crippen LogP contribution in [0.1, 0.15) is 5.56 Å². The van der Waals surface area contributed by atoms with Gasteiger partial charge < -0.3 is 20.3 Å². The molecule has 0 saturated heterocycles. The minimum atomic E-state index is -0.00861. The van der Waals surface area contributed by atoms with Crippen molar-refractivity contribution in [2.24, 2.45) is 0 Å². The van der Waals surface area contributed by atoms with E-state index >= 15 is 0 Å². The molecule has 1 rings (SSSR count). The van der Waals surface area contributed by atoms with E-state index in [1.54, 1.807) is 18.2 Å². The molecular formula is C11H14N2O3. The average molecular weight is 222 g/mol. The quantitative estimate of drug-likeness (QED) is 0.541. The third kappa shape index (κ3) is 3.77. The second-order valence-corrected chi connectivity index (χ2v) is 3.05. The minimum Gasteiger partial charge on any atom is -0.490 e. The van der Waals surface area contributed by atoms with Gasteiger partial charge in [-0.2, -0.15) is 5.26 Å². The summed E-state index contributed by atoms with van der Waals surface area (Å²) in [4.78, 5) is 0.